The topological polar surface area (TPSA) is 551 Å². The van der Waals surface area contributed by atoms with Crippen LogP contribution >= 0.6 is 11.6 Å². The summed E-state index contributed by atoms with van der Waals surface area (Å²) in [6.45, 7) is 41.7. The molecule has 3 aromatic carbocycles. The fraction of sp³-hybridized carbons (Fsp3) is 0.664. The number of benzene rings is 3. The first-order valence-electron chi connectivity index (χ1n) is 51.0. The molecule has 40 nitrogen and oxygen atoms in total. The number of aliphatic carboxylic acids is 2. The zero-order valence-electron chi connectivity index (χ0n) is 91.2. The summed E-state index contributed by atoms with van der Waals surface area (Å²) in [7, 11) is -3.40. The fourth-order valence-electron chi connectivity index (χ4n) is 19.7. The lowest BCUT2D eigenvalue weighted by Crippen LogP contribution is -2.49. The van der Waals surface area contributed by atoms with Crippen LogP contribution in [0.5, 0.6) is 29.0 Å². The van der Waals surface area contributed by atoms with E-state index in [1.54, 1.807) is 134 Å². The minimum atomic E-state index is -4.41. The van der Waals surface area contributed by atoms with Gasteiger partial charge in [0.2, 0.25) is 35.4 Å². The number of fused-ring (bicyclic) bond motifs is 3. The molecule has 8 aliphatic rings. The van der Waals surface area contributed by atoms with E-state index in [9.17, 15) is 89.7 Å². The molecular formula is C107H152ClN11O29S2. The lowest BCUT2D eigenvalue weighted by molar-refractivity contribution is -0.161. The number of nitrogens with two attached hydrogens (primary N) is 1. The lowest BCUT2D eigenvalue weighted by atomic mass is 9.77. The molecule has 14 rings (SSSR count). The molecule has 43 heteroatoms. The molecule has 3 aliphatic heterocycles. The van der Waals surface area contributed by atoms with E-state index in [1.165, 1.54) is 33.7 Å². The predicted octanol–water partition coefficient (Wildman–Crippen LogP) is 14.4. The molecule has 828 valence electrons. The zero-order valence-corrected chi connectivity index (χ0v) is 93.6. The Bertz CT molecular complexity index is 6240. The molecular weight excluding hydrogens is 2000 g/mol. The minimum absolute atomic E-state index is 0.00653. The Kier molecular flexibility index (Phi) is 37.7. The Morgan fingerprint density at radius 2 is 0.753 bits per heavy atom. The van der Waals surface area contributed by atoms with Gasteiger partial charge in [-0.15, -0.1) is 0 Å². The molecule has 4 amide bonds. The molecule has 3 aromatic heterocycles. The number of nitrogens with one attached hydrogen (secondary N) is 1. The largest absolute Gasteiger partial charge is 0.497 e. The number of esters is 3. The van der Waals surface area contributed by atoms with Crippen molar-refractivity contribution in [3.63, 3.8) is 0 Å². The van der Waals surface area contributed by atoms with Crippen molar-refractivity contribution in [2.75, 3.05) is 41.0 Å². The number of hydrogen-bond donors (Lipinski definition) is 5. The number of aromatic nitrogens is 6. The van der Waals surface area contributed by atoms with Gasteiger partial charge in [-0.2, -0.15) is 16.8 Å². The Labute approximate surface area is 883 Å². The lowest BCUT2D eigenvalue weighted by Gasteiger charge is -2.35. The van der Waals surface area contributed by atoms with Crippen LogP contribution in [0, 0.1) is 68.0 Å². The van der Waals surface area contributed by atoms with Gasteiger partial charge < -0.3 is 67.9 Å². The van der Waals surface area contributed by atoms with Crippen LogP contribution in [0.4, 0.5) is 0 Å². The van der Waals surface area contributed by atoms with E-state index in [1.807, 2.05) is 101 Å². The molecule has 0 spiro atoms. The first-order chi connectivity index (χ1) is 69.3. The third kappa shape index (κ3) is 31.8. The number of β-amino-alcohol motifs (C(OH)–C–C–N with tert-alkyl or cyclic N) is 1. The average molecular weight is 2160 g/mol. The Balaban J connectivity index is 0.000000211. The summed E-state index contributed by atoms with van der Waals surface area (Å²) in [6.07, 6.45) is 7.04. The van der Waals surface area contributed by atoms with Crippen LogP contribution in [-0.2, 0) is 101 Å². The van der Waals surface area contributed by atoms with Gasteiger partial charge in [0, 0.05) is 68.7 Å². The molecule has 150 heavy (non-hydrogen) atoms. The number of halogens is 1. The van der Waals surface area contributed by atoms with Crippen molar-refractivity contribution in [3.8, 4) is 29.0 Å². The third-order valence-electron chi connectivity index (χ3n) is 28.8. The van der Waals surface area contributed by atoms with Crippen LogP contribution in [0.3, 0.4) is 0 Å². The van der Waals surface area contributed by atoms with Crippen molar-refractivity contribution >= 4 is 136 Å². The second-order valence-electron chi connectivity index (χ2n) is 47.5. The highest BCUT2D eigenvalue weighted by Crippen LogP contribution is 2.61. The highest BCUT2D eigenvalue weighted by molar-refractivity contribution is 7.85. The molecule has 0 radical (unpaired) electrons. The fourth-order valence-corrected chi connectivity index (χ4v) is 21.8. The number of aliphatic hydroxyl groups is 1. The summed E-state index contributed by atoms with van der Waals surface area (Å²) in [5.41, 5.74) is -6.86. The number of ether oxygens (including phenoxy) is 8. The van der Waals surface area contributed by atoms with Crippen molar-refractivity contribution in [1.29, 1.82) is 0 Å². The van der Waals surface area contributed by atoms with Crippen molar-refractivity contribution in [2.45, 2.75) is 346 Å². The quantitative estimate of drug-likeness (QED) is 0.0138. The highest BCUT2D eigenvalue weighted by atomic mass is 35.5. The van der Waals surface area contributed by atoms with E-state index in [4.69, 9.17) is 53.7 Å². The van der Waals surface area contributed by atoms with Gasteiger partial charge in [0.05, 0.1) is 150 Å². The van der Waals surface area contributed by atoms with E-state index in [0.717, 1.165) is 29.5 Å². The maximum absolute atomic E-state index is 14.5. The number of rotatable bonds is 36. The van der Waals surface area contributed by atoms with Crippen molar-refractivity contribution in [2.24, 2.45) is 73.1 Å². The first-order valence-corrected chi connectivity index (χ1v) is 54.2. The van der Waals surface area contributed by atoms with Gasteiger partial charge in [0.15, 0.2) is 17.3 Å². The van der Waals surface area contributed by atoms with Crippen molar-refractivity contribution in [3.05, 3.63) is 78.7 Å². The highest BCUT2D eigenvalue weighted by Gasteiger charge is 2.65. The minimum Gasteiger partial charge on any atom is -0.497 e. The van der Waals surface area contributed by atoms with Crippen LogP contribution in [-0.4, -0.2) is 253 Å². The number of amides is 4. The number of methoxy groups -OCH3 is 3. The summed E-state index contributed by atoms with van der Waals surface area (Å²) < 4.78 is 103. The number of carboxylic acids is 2. The zero-order chi connectivity index (χ0) is 112. The predicted molar refractivity (Wildman–Crippen MR) is 553 cm³/mol. The maximum Gasteiger partial charge on any atom is 0.362 e. The van der Waals surface area contributed by atoms with E-state index >= 15 is 0 Å². The number of likely N-dealkylation sites (tertiary alicyclic amines) is 3. The van der Waals surface area contributed by atoms with Gasteiger partial charge in [0.25, 0.3) is 0 Å². The van der Waals surface area contributed by atoms with E-state index in [0.29, 0.717) is 95.7 Å². The van der Waals surface area contributed by atoms with E-state index in [-0.39, 0.29) is 124 Å². The number of Topliss-reactive ketones (excluding diaryl/α,β-unsaturated/α-hetero) is 3. The standard InChI is InChI=1S/C37H52N4O10S.C33H45N3O8.C24H39NO7.C9H7ClN2O.C4H9NO3S/c1-10-22-18-37(22,33(45)40-52(46,47)51-36(8)13-14-36)19-29(42)28-16-24(49-31-25-12-11-23(48-9)15-27(25)38-21-39-31)20-41(28)32(44)26(34(2,3)4)17-30(43)50-35(5,6)7;1-9-19-15-33(19,30(40)41)16-26(37)25-13-21(43-28-22-11-10-20(42-8)12-24(22)34-18-35-28)17-36(25)29(39)23(31(2,3)4)14-27(38)44-32(5,6)7;1-8-14-11-24(14,21(30)31)12-18(27)17-9-15(26)13-25(17)20(29)16(22(2,3)4)10-19(28)32-23(5,6)7;1-13-6-2-3-7-8(4-6)11-5-12-9(7)10;1-4(2-3-4)8-9(5,6)7/h11-12,15,21-22,24,26,28H,10,13-14,16-20H2,1-9H3,(H,40,45);10-12,18-19,21,23,25H,9,13-17H2,1-8H3,(H,40,41);14-17,26H,8-13H2,1-7H3,(H,30,31);2-5H,1H3;2-3H2,1H3,(H2,5,6,7)/t22-,24-,26-,28+,37-;19-,21-,23-,25+,33-;14-,15-,16-,17+,24-;;/m111../s1. The number of carbonyl (C=O) groups excluding carboxylic acids is 10. The average Bonchev–Trinajstić information content (AvgIpc) is 1.58. The summed E-state index contributed by atoms with van der Waals surface area (Å²) in [6, 6.07) is 13.3. The molecule has 8 fully saturated rings. The van der Waals surface area contributed by atoms with Gasteiger partial charge in [-0.05, 0) is 192 Å². The van der Waals surface area contributed by atoms with Crippen LogP contribution in [0.2, 0.25) is 5.15 Å². The third-order valence-corrected chi connectivity index (χ3v) is 30.8. The number of carbonyl (C=O) groups is 12. The van der Waals surface area contributed by atoms with Crippen LogP contribution in [0.1, 0.15) is 281 Å². The molecule has 5 aliphatic carbocycles. The molecule has 6 aromatic rings. The van der Waals surface area contributed by atoms with E-state index < -0.39 is 183 Å². The monoisotopic (exact) mass is 2150 g/mol. The van der Waals surface area contributed by atoms with Crippen LogP contribution in [0.25, 0.3) is 32.7 Å². The Morgan fingerprint density at radius 3 is 1.05 bits per heavy atom. The summed E-state index contributed by atoms with van der Waals surface area (Å²) >= 11 is 5.86. The Hall–Kier alpha value is -11.1. The maximum atomic E-state index is 14.5. The van der Waals surface area contributed by atoms with Crippen molar-refractivity contribution in [1.82, 2.24) is 49.3 Å². The normalized spacial score (nSPS) is 24.1. The first kappa shape index (κ1) is 121. The number of carboxylic acid groups (broad SMARTS) is 2. The number of nitrogens with zero attached hydrogens (tertiary/aromatic N) is 9. The van der Waals surface area contributed by atoms with Crippen molar-refractivity contribution < 1.29 is 136 Å². The van der Waals surface area contributed by atoms with Gasteiger partial charge in [-0.3, -0.25) is 61.7 Å². The van der Waals surface area contributed by atoms with Gasteiger partial charge in [0.1, 0.15) is 70.4 Å². The second-order valence-corrected chi connectivity index (χ2v) is 50.3. The molecule has 3 saturated heterocycles. The van der Waals surface area contributed by atoms with Crippen LogP contribution < -0.4 is 33.5 Å². The molecule has 15 atom stereocenters. The van der Waals surface area contributed by atoms with Crippen LogP contribution in [0.15, 0.2) is 73.6 Å². The number of hydrogen-bond acceptors (Lipinski definition) is 33. The number of aliphatic hydroxyl groups excluding tert-OH is 1. The molecule has 0 bridgehead atoms. The van der Waals surface area contributed by atoms with Gasteiger partial charge in [-0.1, -0.05) is 114 Å². The molecule has 6 N–H and O–H groups in total. The summed E-state index contributed by atoms with van der Waals surface area (Å²) in [4.78, 5) is 189. The smallest absolute Gasteiger partial charge is 0.362 e. The molecule has 5 saturated carbocycles. The summed E-state index contributed by atoms with van der Waals surface area (Å²) in [5.74, 6) is -6.70. The van der Waals surface area contributed by atoms with Gasteiger partial charge in [-0.25, -0.2) is 43.9 Å². The van der Waals surface area contributed by atoms with E-state index in [2.05, 4.69) is 43.9 Å². The Morgan fingerprint density at radius 1 is 0.447 bits per heavy atom. The molecule has 6 heterocycles. The summed E-state index contributed by atoms with van der Waals surface area (Å²) in [5, 5.41) is 37.1. The van der Waals surface area contributed by atoms with Gasteiger partial charge >= 0.3 is 50.5 Å². The molecule has 0 unspecified atom stereocenters. The number of ketones is 3. The second kappa shape index (κ2) is 46.9. The SMILES string of the molecule is CC1(OS(N)(=O)=O)CC1.CC[C@@H]1C[C@]1(CC(=O)[C@@H]1C[C@@H](O)CN1C(=O)[C@@H](CC(=O)OC(C)(C)C)C(C)(C)C)C(=O)O.CC[C@@H]1C[C@]1(CC(=O)[C@@H]1C[C@@H](Oc2ncnc3cc(OC)ccc23)CN1C(=O)[C@@H](CC(=O)OC(C)(C)C)C(C)(C)C)C(=O)NS(=O)(=O)OC1(C)CC1.CC[C@@H]1C[C@]1(CC(=O)[C@@H]1C[C@@H](Oc2ncnc3cc(OC)ccc23)CN1C(=O)[C@@H](CC(=O)OC(C)(C)C)C(C)(C)C)C(=O)O.COc1ccc2c(Cl)ncnc2c1.